The van der Waals surface area contributed by atoms with E-state index >= 15 is 0 Å². The zero-order valence-electron chi connectivity index (χ0n) is 5.89. The van der Waals surface area contributed by atoms with Crippen LogP contribution in [-0.2, 0) is 0 Å². The fourth-order valence-corrected chi connectivity index (χ4v) is 0.507. The SMILES string of the molecule is NCCCCNNC(N)=O. The Labute approximate surface area is 60.1 Å². The Morgan fingerprint density at radius 1 is 1.40 bits per heavy atom. The zero-order chi connectivity index (χ0) is 7.82. The second-order valence-electron chi connectivity index (χ2n) is 1.91. The largest absolute Gasteiger partial charge is 0.351 e. The van der Waals surface area contributed by atoms with E-state index in [0.29, 0.717) is 13.1 Å². The van der Waals surface area contributed by atoms with E-state index in [4.69, 9.17) is 11.5 Å². The maximum Gasteiger partial charge on any atom is 0.326 e. The van der Waals surface area contributed by atoms with Crippen LogP contribution in [0.25, 0.3) is 0 Å². The highest BCUT2D eigenvalue weighted by Gasteiger charge is 1.88. The van der Waals surface area contributed by atoms with E-state index in [-0.39, 0.29) is 0 Å². The predicted molar refractivity (Wildman–Crippen MR) is 39.0 cm³/mol. The van der Waals surface area contributed by atoms with E-state index in [1.807, 2.05) is 0 Å². The lowest BCUT2D eigenvalue weighted by Crippen LogP contribution is -2.41. The van der Waals surface area contributed by atoms with Crippen molar-refractivity contribution in [2.24, 2.45) is 11.5 Å². The number of nitrogens with one attached hydrogen (secondary N) is 2. The molecule has 0 aromatic heterocycles. The number of hydrogen-bond donors (Lipinski definition) is 4. The summed E-state index contributed by atoms with van der Waals surface area (Å²) in [5, 5.41) is 0. The van der Waals surface area contributed by atoms with Gasteiger partial charge < -0.3 is 11.5 Å². The second kappa shape index (κ2) is 6.31. The van der Waals surface area contributed by atoms with Gasteiger partial charge in [0.25, 0.3) is 0 Å². The van der Waals surface area contributed by atoms with E-state index in [1.54, 1.807) is 0 Å². The first-order chi connectivity index (χ1) is 4.77. The smallest absolute Gasteiger partial charge is 0.326 e. The quantitative estimate of drug-likeness (QED) is 0.293. The number of primary amides is 1. The molecule has 0 bridgehead atoms. The third-order valence-corrected chi connectivity index (χ3v) is 0.967. The van der Waals surface area contributed by atoms with Crippen molar-refractivity contribution in [3.05, 3.63) is 0 Å². The lowest BCUT2D eigenvalue weighted by Gasteiger charge is -2.02. The summed E-state index contributed by atoms with van der Waals surface area (Å²) >= 11 is 0. The monoisotopic (exact) mass is 146 g/mol. The summed E-state index contributed by atoms with van der Waals surface area (Å²) in [5.41, 5.74) is 14.9. The first-order valence-corrected chi connectivity index (χ1v) is 3.25. The molecule has 0 fully saturated rings. The van der Waals surface area contributed by atoms with Gasteiger partial charge in [-0.05, 0) is 19.4 Å². The number of unbranched alkanes of at least 4 members (excludes halogenated alkanes) is 1. The normalized spacial score (nSPS) is 9.30. The van der Waals surface area contributed by atoms with E-state index in [9.17, 15) is 4.79 Å². The van der Waals surface area contributed by atoms with Crippen LogP contribution in [0, 0.1) is 0 Å². The average Bonchev–Trinajstić information content (AvgIpc) is 1.87. The van der Waals surface area contributed by atoms with Gasteiger partial charge in [-0.1, -0.05) is 0 Å². The first kappa shape index (κ1) is 9.19. The Morgan fingerprint density at radius 2 is 2.10 bits per heavy atom. The highest BCUT2D eigenvalue weighted by Crippen LogP contribution is 1.79. The van der Waals surface area contributed by atoms with Gasteiger partial charge in [-0.25, -0.2) is 10.2 Å². The molecular weight excluding hydrogens is 132 g/mol. The number of nitrogens with two attached hydrogens (primary N) is 2. The molecule has 0 radical (unpaired) electrons. The van der Waals surface area contributed by atoms with Crippen molar-refractivity contribution < 1.29 is 4.79 Å². The number of hydrogen-bond acceptors (Lipinski definition) is 3. The van der Waals surface area contributed by atoms with Gasteiger partial charge in [0.2, 0.25) is 0 Å². The Balaban J connectivity index is 2.84. The molecule has 0 aliphatic carbocycles. The second-order valence-corrected chi connectivity index (χ2v) is 1.91. The van der Waals surface area contributed by atoms with Crippen LogP contribution >= 0.6 is 0 Å². The van der Waals surface area contributed by atoms with Crippen LogP contribution in [0.4, 0.5) is 4.79 Å². The minimum absolute atomic E-state index is 0.562. The number of carbonyl (C=O) groups excluding carboxylic acids is 1. The number of hydrazine groups is 1. The lowest BCUT2D eigenvalue weighted by atomic mass is 10.3. The van der Waals surface area contributed by atoms with Crippen molar-refractivity contribution in [2.75, 3.05) is 13.1 Å². The summed E-state index contributed by atoms with van der Waals surface area (Å²) in [4.78, 5) is 10.1. The zero-order valence-corrected chi connectivity index (χ0v) is 5.89. The molecule has 5 nitrogen and oxygen atoms in total. The first-order valence-electron chi connectivity index (χ1n) is 3.25. The molecule has 10 heavy (non-hydrogen) atoms. The number of rotatable bonds is 5. The van der Waals surface area contributed by atoms with Gasteiger partial charge in [-0.15, -0.1) is 0 Å². The molecular formula is C5H14N4O. The Morgan fingerprint density at radius 3 is 2.60 bits per heavy atom. The number of carbonyl (C=O) groups is 1. The van der Waals surface area contributed by atoms with Gasteiger partial charge in [0, 0.05) is 6.54 Å². The fourth-order valence-electron chi connectivity index (χ4n) is 0.507. The highest BCUT2D eigenvalue weighted by molar-refractivity contribution is 5.70. The van der Waals surface area contributed by atoms with Crippen molar-refractivity contribution in [3.8, 4) is 0 Å². The maximum absolute atomic E-state index is 10.1. The topological polar surface area (TPSA) is 93.2 Å². The number of amides is 2. The van der Waals surface area contributed by atoms with Crippen molar-refractivity contribution in [1.82, 2.24) is 10.9 Å². The van der Waals surface area contributed by atoms with Crippen LogP contribution in [0.5, 0.6) is 0 Å². The molecule has 0 aliphatic rings. The fraction of sp³-hybridized carbons (Fsp3) is 0.800. The minimum atomic E-state index is -0.562. The van der Waals surface area contributed by atoms with Crippen LogP contribution in [0.15, 0.2) is 0 Å². The maximum atomic E-state index is 10.1. The van der Waals surface area contributed by atoms with Crippen LogP contribution < -0.4 is 22.3 Å². The van der Waals surface area contributed by atoms with Gasteiger partial charge in [0.15, 0.2) is 0 Å². The van der Waals surface area contributed by atoms with Crippen molar-refractivity contribution in [3.63, 3.8) is 0 Å². The minimum Gasteiger partial charge on any atom is -0.351 e. The molecule has 0 aromatic rings. The van der Waals surface area contributed by atoms with Gasteiger partial charge in [0.1, 0.15) is 0 Å². The van der Waals surface area contributed by atoms with E-state index in [0.717, 1.165) is 12.8 Å². The summed E-state index contributed by atoms with van der Waals surface area (Å²) in [6, 6.07) is -0.562. The molecule has 0 spiro atoms. The van der Waals surface area contributed by atoms with Gasteiger partial charge in [-0.2, -0.15) is 0 Å². The van der Waals surface area contributed by atoms with E-state index < -0.39 is 6.03 Å². The molecule has 0 rings (SSSR count). The molecule has 0 atom stereocenters. The molecule has 60 valence electrons. The molecule has 6 N–H and O–H groups in total. The standard InChI is InChI=1S/C5H14N4O/c6-3-1-2-4-8-9-5(7)10/h8H,1-4,6H2,(H3,7,9,10). The summed E-state index contributed by atoms with van der Waals surface area (Å²) in [6.45, 7) is 1.39. The Kier molecular flexibility index (Phi) is 5.80. The van der Waals surface area contributed by atoms with Crippen molar-refractivity contribution >= 4 is 6.03 Å². The van der Waals surface area contributed by atoms with Crippen LogP contribution in [0.2, 0.25) is 0 Å². The lowest BCUT2D eigenvalue weighted by molar-refractivity contribution is 0.244. The van der Waals surface area contributed by atoms with Crippen molar-refractivity contribution in [1.29, 1.82) is 0 Å². The third kappa shape index (κ3) is 7.19. The van der Waals surface area contributed by atoms with Gasteiger partial charge in [0.05, 0.1) is 0 Å². The van der Waals surface area contributed by atoms with Crippen LogP contribution in [-0.4, -0.2) is 19.1 Å². The summed E-state index contributed by atoms with van der Waals surface area (Å²) < 4.78 is 0. The molecule has 0 heterocycles. The van der Waals surface area contributed by atoms with Crippen LogP contribution in [0.1, 0.15) is 12.8 Å². The molecule has 0 aliphatic heterocycles. The summed E-state index contributed by atoms with van der Waals surface area (Å²) in [6.07, 6.45) is 1.89. The van der Waals surface area contributed by atoms with E-state index in [1.165, 1.54) is 0 Å². The third-order valence-electron chi connectivity index (χ3n) is 0.967. The molecule has 0 unspecified atom stereocenters. The predicted octanol–water partition coefficient (Wildman–Crippen LogP) is -1.10. The van der Waals surface area contributed by atoms with Gasteiger partial charge >= 0.3 is 6.03 Å². The molecule has 0 saturated carbocycles. The molecule has 0 saturated heterocycles. The van der Waals surface area contributed by atoms with Crippen LogP contribution in [0.3, 0.4) is 0 Å². The molecule has 0 aromatic carbocycles. The van der Waals surface area contributed by atoms with Crippen molar-refractivity contribution in [2.45, 2.75) is 12.8 Å². The Bertz CT molecular complexity index is 95.6. The molecule has 2 amide bonds. The Hall–Kier alpha value is -0.810. The van der Waals surface area contributed by atoms with E-state index in [2.05, 4.69) is 10.9 Å². The average molecular weight is 146 g/mol. The highest BCUT2D eigenvalue weighted by atomic mass is 16.2. The van der Waals surface area contributed by atoms with Gasteiger partial charge in [-0.3, -0.25) is 5.43 Å². The summed E-state index contributed by atoms with van der Waals surface area (Å²) in [7, 11) is 0. The summed E-state index contributed by atoms with van der Waals surface area (Å²) in [5.74, 6) is 0. The molecule has 5 heteroatoms. The number of urea groups is 1.